The molecule has 3 unspecified atom stereocenters. The van der Waals surface area contributed by atoms with Gasteiger partial charge in [0.25, 0.3) is 0 Å². The van der Waals surface area contributed by atoms with Crippen LogP contribution in [0, 0.1) is 11.8 Å². The smallest absolute Gasteiger partial charge is 0.120 e. The SMILES string of the molecule is O=CCC1CCC2CC1CO2. The van der Waals surface area contributed by atoms with Gasteiger partial charge in [-0.1, -0.05) is 0 Å². The van der Waals surface area contributed by atoms with Gasteiger partial charge in [0, 0.05) is 6.42 Å². The summed E-state index contributed by atoms with van der Waals surface area (Å²) in [6.45, 7) is 0.906. The Kier molecular flexibility index (Phi) is 1.95. The van der Waals surface area contributed by atoms with Crippen molar-refractivity contribution in [3.05, 3.63) is 0 Å². The molecule has 2 aliphatic rings. The molecule has 1 aliphatic heterocycles. The minimum absolute atomic E-state index is 0.530. The standard InChI is InChI=1S/C9H14O2/c10-4-3-7-1-2-9-5-8(7)6-11-9/h4,7-9H,1-3,5-6H2. The molecule has 2 nitrogen and oxygen atoms in total. The minimum atomic E-state index is 0.530. The Morgan fingerprint density at radius 2 is 2.36 bits per heavy atom. The van der Waals surface area contributed by atoms with Crippen LogP contribution in [-0.4, -0.2) is 19.0 Å². The Balaban J connectivity index is 1.95. The third-order valence-corrected chi connectivity index (χ3v) is 3.04. The van der Waals surface area contributed by atoms with E-state index in [1.54, 1.807) is 0 Å². The van der Waals surface area contributed by atoms with Gasteiger partial charge in [-0.15, -0.1) is 0 Å². The number of carbonyl (C=O) groups is 1. The first-order valence-corrected chi connectivity index (χ1v) is 4.45. The van der Waals surface area contributed by atoms with Gasteiger partial charge in [0.05, 0.1) is 12.7 Å². The van der Waals surface area contributed by atoms with Gasteiger partial charge in [-0.2, -0.15) is 0 Å². The van der Waals surface area contributed by atoms with Crippen molar-refractivity contribution in [2.45, 2.75) is 31.8 Å². The van der Waals surface area contributed by atoms with Gasteiger partial charge in [0.1, 0.15) is 6.29 Å². The van der Waals surface area contributed by atoms with Gasteiger partial charge in [0.15, 0.2) is 0 Å². The Morgan fingerprint density at radius 1 is 1.45 bits per heavy atom. The van der Waals surface area contributed by atoms with Gasteiger partial charge in [-0.05, 0) is 31.1 Å². The highest BCUT2D eigenvalue weighted by Crippen LogP contribution is 2.38. The topological polar surface area (TPSA) is 26.3 Å². The van der Waals surface area contributed by atoms with Crippen LogP contribution in [0.3, 0.4) is 0 Å². The molecular weight excluding hydrogens is 140 g/mol. The fourth-order valence-electron chi connectivity index (χ4n) is 2.33. The first kappa shape index (κ1) is 7.29. The van der Waals surface area contributed by atoms with Crippen LogP contribution in [0.4, 0.5) is 0 Å². The van der Waals surface area contributed by atoms with E-state index in [-0.39, 0.29) is 0 Å². The predicted octanol–water partition coefficient (Wildman–Crippen LogP) is 1.39. The van der Waals surface area contributed by atoms with E-state index in [2.05, 4.69) is 0 Å². The van der Waals surface area contributed by atoms with Crippen molar-refractivity contribution in [2.24, 2.45) is 11.8 Å². The number of hydrogen-bond donors (Lipinski definition) is 0. The Bertz CT molecular complexity index is 156. The van der Waals surface area contributed by atoms with Crippen molar-refractivity contribution in [1.29, 1.82) is 0 Å². The van der Waals surface area contributed by atoms with Crippen LogP contribution in [0.5, 0.6) is 0 Å². The quantitative estimate of drug-likeness (QED) is 0.562. The van der Waals surface area contributed by atoms with Gasteiger partial charge in [0.2, 0.25) is 0 Å². The first-order chi connectivity index (χ1) is 5.40. The Hall–Kier alpha value is -0.370. The molecule has 2 fully saturated rings. The summed E-state index contributed by atoms with van der Waals surface area (Å²) >= 11 is 0. The highest BCUT2D eigenvalue weighted by molar-refractivity contribution is 5.49. The molecule has 0 spiro atoms. The number of fused-ring (bicyclic) bond motifs is 2. The lowest BCUT2D eigenvalue weighted by Crippen LogP contribution is -2.21. The average molecular weight is 154 g/mol. The molecule has 11 heavy (non-hydrogen) atoms. The van der Waals surface area contributed by atoms with Gasteiger partial charge in [-0.25, -0.2) is 0 Å². The second-order valence-corrected chi connectivity index (χ2v) is 3.69. The number of carbonyl (C=O) groups excluding carboxylic acids is 1. The molecule has 0 amide bonds. The molecule has 2 bridgehead atoms. The number of rotatable bonds is 2. The van der Waals surface area contributed by atoms with Crippen LogP contribution < -0.4 is 0 Å². The zero-order valence-corrected chi connectivity index (χ0v) is 6.66. The van der Waals surface area contributed by atoms with Gasteiger partial charge in [-0.3, -0.25) is 0 Å². The van der Waals surface area contributed by atoms with Crippen LogP contribution in [0.15, 0.2) is 0 Å². The van der Waals surface area contributed by atoms with Crippen molar-refractivity contribution < 1.29 is 9.53 Å². The third-order valence-electron chi connectivity index (χ3n) is 3.04. The van der Waals surface area contributed by atoms with E-state index in [0.717, 1.165) is 19.3 Å². The molecule has 2 heteroatoms. The second kappa shape index (κ2) is 2.94. The van der Waals surface area contributed by atoms with Crippen LogP contribution >= 0.6 is 0 Å². The summed E-state index contributed by atoms with van der Waals surface area (Å²) in [5.41, 5.74) is 0. The molecule has 62 valence electrons. The molecule has 2 rings (SSSR count). The largest absolute Gasteiger partial charge is 0.378 e. The molecular formula is C9H14O2. The summed E-state index contributed by atoms with van der Waals surface area (Å²) in [6, 6.07) is 0. The Labute approximate surface area is 66.9 Å². The van der Waals surface area contributed by atoms with Crippen LogP contribution in [-0.2, 0) is 9.53 Å². The molecule has 3 atom stereocenters. The lowest BCUT2D eigenvalue weighted by atomic mass is 9.79. The van der Waals surface area contributed by atoms with E-state index < -0.39 is 0 Å². The van der Waals surface area contributed by atoms with Gasteiger partial charge >= 0.3 is 0 Å². The average Bonchev–Trinajstić information content (AvgIpc) is 2.40. The van der Waals surface area contributed by atoms with E-state index >= 15 is 0 Å². The molecule has 0 aromatic rings. The van der Waals surface area contributed by atoms with Crippen molar-refractivity contribution in [2.75, 3.05) is 6.61 Å². The summed E-state index contributed by atoms with van der Waals surface area (Å²) in [7, 11) is 0. The van der Waals surface area contributed by atoms with E-state index in [9.17, 15) is 4.79 Å². The predicted molar refractivity (Wildman–Crippen MR) is 41.3 cm³/mol. The summed E-state index contributed by atoms with van der Waals surface area (Å²) in [4.78, 5) is 10.3. The summed E-state index contributed by atoms with van der Waals surface area (Å²) in [6.07, 6.45) is 5.92. The first-order valence-electron chi connectivity index (χ1n) is 4.45. The van der Waals surface area contributed by atoms with Gasteiger partial charge < -0.3 is 9.53 Å². The molecule has 1 aliphatic carbocycles. The summed E-state index contributed by atoms with van der Waals surface area (Å²) < 4.78 is 5.54. The maximum Gasteiger partial charge on any atom is 0.120 e. The van der Waals surface area contributed by atoms with Crippen LogP contribution in [0.1, 0.15) is 25.7 Å². The maximum absolute atomic E-state index is 10.3. The second-order valence-electron chi connectivity index (χ2n) is 3.69. The molecule has 0 radical (unpaired) electrons. The molecule has 0 aromatic carbocycles. The normalized spacial score (nSPS) is 42.4. The summed E-state index contributed by atoms with van der Waals surface area (Å²) in [5, 5.41) is 0. The number of hydrogen-bond acceptors (Lipinski definition) is 2. The summed E-state index contributed by atoms with van der Waals surface area (Å²) in [5.74, 6) is 1.32. The fourth-order valence-corrected chi connectivity index (χ4v) is 2.33. The highest BCUT2D eigenvalue weighted by Gasteiger charge is 2.35. The van der Waals surface area contributed by atoms with Crippen molar-refractivity contribution in [1.82, 2.24) is 0 Å². The fraction of sp³-hybridized carbons (Fsp3) is 0.889. The number of ether oxygens (including phenoxy) is 1. The molecule has 0 aromatic heterocycles. The zero-order valence-electron chi connectivity index (χ0n) is 6.66. The highest BCUT2D eigenvalue weighted by atomic mass is 16.5. The minimum Gasteiger partial charge on any atom is -0.378 e. The maximum atomic E-state index is 10.3. The zero-order chi connectivity index (χ0) is 7.68. The van der Waals surface area contributed by atoms with E-state index in [1.165, 1.54) is 19.3 Å². The van der Waals surface area contributed by atoms with Crippen LogP contribution in [0.25, 0.3) is 0 Å². The molecule has 0 N–H and O–H groups in total. The van der Waals surface area contributed by atoms with E-state index in [0.29, 0.717) is 17.9 Å². The van der Waals surface area contributed by atoms with Crippen LogP contribution in [0.2, 0.25) is 0 Å². The lowest BCUT2D eigenvalue weighted by Gasteiger charge is -2.24. The molecule has 1 saturated heterocycles. The Morgan fingerprint density at radius 3 is 3.18 bits per heavy atom. The van der Waals surface area contributed by atoms with E-state index in [4.69, 9.17) is 4.74 Å². The monoisotopic (exact) mass is 154 g/mol. The third kappa shape index (κ3) is 1.32. The van der Waals surface area contributed by atoms with Crippen molar-refractivity contribution in [3.63, 3.8) is 0 Å². The van der Waals surface area contributed by atoms with Crippen molar-refractivity contribution >= 4 is 6.29 Å². The number of aldehydes is 1. The van der Waals surface area contributed by atoms with Crippen molar-refractivity contribution in [3.8, 4) is 0 Å². The molecule has 1 saturated carbocycles. The lowest BCUT2D eigenvalue weighted by molar-refractivity contribution is -0.109. The molecule has 1 heterocycles. The van der Waals surface area contributed by atoms with E-state index in [1.807, 2.05) is 0 Å².